The Labute approximate surface area is 152 Å². The Kier molecular flexibility index (Phi) is 6.26. The predicted octanol–water partition coefficient (Wildman–Crippen LogP) is 2.78. The van der Waals surface area contributed by atoms with Gasteiger partial charge in [0.25, 0.3) is 0 Å². The van der Waals surface area contributed by atoms with Gasteiger partial charge in [0.1, 0.15) is 5.75 Å². The molecule has 8 heteroatoms. The molecule has 0 aromatic heterocycles. The highest BCUT2D eigenvalue weighted by atomic mass is 19.3. The SMILES string of the molecule is Cc1cccc(OC(F)F)c1NC(=O)N1CCN(CC2CCOC2)CC1. The van der Waals surface area contributed by atoms with Gasteiger partial charge < -0.3 is 19.7 Å². The molecule has 0 bridgehead atoms. The molecule has 2 fully saturated rings. The van der Waals surface area contributed by atoms with Crippen LogP contribution in [0.3, 0.4) is 0 Å². The maximum atomic E-state index is 12.6. The van der Waals surface area contributed by atoms with Gasteiger partial charge in [0.15, 0.2) is 0 Å². The number of nitrogens with zero attached hydrogens (tertiary/aromatic N) is 2. The molecule has 2 amide bonds. The Morgan fingerprint density at radius 3 is 2.77 bits per heavy atom. The molecule has 2 aliphatic rings. The van der Waals surface area contributed by atoms with Gasteiger partial charge >= 0.3 is 12.6 Å². The van der Waals surface area contributed by atoms with Crippen LogP contribution in [0.2, 0.25) is 0 Å². The summed E-state index contributed by atoms with van der Waals surface area (Å²) in [6.45, 7) is 4.29. The third-order valence-electron chi connectivity index (χ3n) is 4.88. The second-order valence-electron chi connectivity index (χ2n) is 6.77. The summed E-state index contributed by atoms with van der Waals surface area (Å²) < 4.78 is 35.1. The van der Waals surface area contributed by atoms with E-state index in [2.05, 4.69) is 15.0 Å². The standard InChI is InChI=1S/C18H25F2N3O3/c1-13-3-2-4-15(26-17(19)20)16(13)21-18(24)23-8-6-22(7-9-23)11-14-5-10-25-12-14/h2-4,14,17H,5-12H2,1H3,(H,21,24). The molecule has 2 saturated heterocycles. The van der Waals surface area contributed by atoms with E-state index < -0.39 is 6.61 Å². The fourth-order valence-corrected chi connectivity index (χ4v) is 3.41. The van der Waals surface area contributed by atoms with Crippen molar-refractivity contribution < 1.29 is 23.0 Å². The molecule has 3 rings (SSSR count). The van der Waals surface area contributed by atoms with E-state index in [1.165, 1.54) is 6.07 Å². The zero-order chi connectivity index (χ0) is 18.5. The maximum absolute atomic E-state index is 12.6. The topological polar surface area (TPSA) is 54.0 Å². The van der Waals surface area contributed by atoms with Crippen molar-refractivity contribution >= 4 is 11.7 Å². The molecule has 144 valence electrons. The van der Waals surface area contributed by atoms with E-state index in [1.54, 1.807) is 24.0 Å². The molecule has 2 aliphatic heterocycles. The second-order valence-corrected chi connectivity index (χ2v) is 6.77. The summed E-state index contributed by atoms with van der Waals surface area (Å²) in [5, 5.41) is 2.73. The molecule has 1 N–H and O–H groups in total. The number of hydrogen-bond donors (Lipinski definition) is 1. The largest absolute Gasteiger partial charge is 0.433 e. The molecule has 0 radical (unpaired) electrons. The summed E-state index contributed by atoms with van der Waals surface area (Å²) in [5.74, 6) is 0.560. The molecular formula is C18H25F2N3O3. The highest BCUT2D eigenvalue weighted by Crippen LogP contribution is 2.29. The van der Waals surface area contributed by atoms with Gasteiger partial charge in [-0.05, 0) is 30.9 Å². The van der Waals surface area contributed by atoms with Gasteiger partial charge in [-0.25, -0.2) is 4.79 Å². The first-order chi connectivity index (χ1) is 12.5. The van der Waals surface area contributed by atoms with Crippen LogP contribution in [0.15, 0.2) is 18.2 Å². The van der Waals surface area contributed by atoms with Crippen LogP contribution in [-0.4, -0.2) is 68.4 Å². The van der Waals surface area contributed by atoms with E-state index in [1.807, 2.05) is 0 Å². The number of carbonyl (C=O) groups excluding carboxylic acids is 1. The molecule has 26 heavy (non-hydrogen) atoms. The quantitative estimate of drug-likeness (QED) is 0.867. The first-order valence-corrected chi connectivity index (χ1v) is 8.93. The van der Waals surface area contributed by atoms with E-state index in [0.29, 0.717) is 30.3 Å². The number of hydrogen-bond acceptors (Lipinski definition) is 4. The summed E-state index contributed by atoms with van der Waals surface area (Å²) >= 11 is 0. The van der Waals surface area contributed by atoms with E-state index in [4.69, 9.17) is 4.74 Å². The summed E-state index contributed by atoms with van der Waals surface area (Å²) in [4.78, 5) is 16.6. The summed E-state index contributed by atoms with van der Waals surface area (Å²) in [6.07, 6.45) is 1.10. The first kappa shape index (κ1) is 18.8. The Hall–Kier alpha value is -1.93. The van der Waals surface area contributed by atoms with Crippen molar-refractivity contribution in [1.29, 1.82) is 0 Å². The number of halogens is 2. The molecule has 1 unspecified atom stereocenters. The molecule has 0 spiro atoms. The fourth-order valence-electron chi connectivity index (χ4n) is 3.41. The molecular weight excluding hydrogens is 344 g/mol. The summed E-state index contributed by atoms with van der Waals surface area (Å²) in [5.41, 5.74) is 0.972. The summed E-state index contributed by atoms with van der Waals surface area (Å²) in [7, 11) is 0. The lowest BCUT2D eigenvalue weighted by molar-refractivity contribution is -0.0493. The molecule has 1 aromatic carbocycles. The average molecular weight is 369 g/mol. The van der Waals surface area contributed by atoms with Crippen molar-refractivity contribution in [2.45, 2.75) is 20.0 Å². The van der Waals surface area contributed by atoms with Crippen molar-refractivity contribution in [3.63, 3.8) is 0 Å². The van der Waals surface area contributed by atoms with Gasteiger partial charge in [-0.2, -0.15) is 8.78 Å². The van der Waals surface area contributed by atoms with Crippen LogP contribution in [-0.2, 0) is 4.74 Å². The van der Waals surface area contributed by atoms with Crippen molar-refractivity contribution in [3.05, 3.63) is 23.8 Å². The normalized spacial score (nSPS) is 21.2. The predicted molar refractivity (Wildman–Crippen MR) is 93.8 cm³/mol. The third kappa shape index (κ3) is 4.82. The second kappa shape index (κ2) is 8.64. The van der Waals surface area contributed by atoms with Gasteiger partial charge in [-0.15, -0.1) is 0 Å². The first-order valence-electron chi connectivity index (χ1n) is 8.93. The fraction of sp³-hybridized carbons (Fsp3) is 0.611. The third-order valence-corrected chi connectivity index (χ3v) is 4.88. The zero-order valence-electron chi connectivity index (χ0n) is 14.9. The minimum Gasteiger partial charge on any atom is -0.433 e. The summed E-state index contributed by atoms with van der Waals surface area (Å²) in [6, 6.07) is 4.50. The van der Waals surface area contributed by atoms with Crippen molar-refractivity contribution in [1.82, 2.24) is 9.80 Å². The van der Waals surface area contributed by atoms with E-state index in [-0.39, 0.29) is 11.8 Å². The van der Waals surface area contributed by atoms with Crippen molar-refractivity contribution in [2.75, 3.05) is 51.3 Å². The smallest absolute Gasteiger partial charge is 0.387 e. The zero-order valence-corrected chi connectivity index (χ0v) is 14.9. The van der Waals surface area contributed by atoms with Gasteiger partial charge in [0, 0.05) is 39.3 Å². The number of carbonyl (C=O) groups is 1. The number of amides is 2. The molecule has 6 nitrogen and oxygen atoms in total. The lowest BCUT2D eigenvalue weighted by Crippen LogP contribution is -2.51. The van der Waals surface area contributed by atoms with Crippen molar-refractivity contribution in [2.24, 2.45) is 5.92 Å². The Balaban J connectivity index is 1.54. The number of urea groups is 1. The van der Waals surface area contributed by atoms with Crippen LogP contribution in [0, 0.1) is 12.8 Å². The molecule has 1 atom stereocenters. The van der Waals surface area contributed by atoms with Crippen LogP contribution in [0.5, 0.6) is 5.75 Å². The number of piperazine rings is 1. The number of anilines is 1. The Morgan fingerprint density at radius 1 is 1.35 bits per heavy atom. The van der Waals surface area contributed by atoms with Crippen LogP contribution < -0.4 is 10.1 Å². The van der Waals surface area contributed by atoms with Crippen LogP contribution in [0.1, 0.15) is 12.0 Å². The highest BCUT2D eigenvalue weighted by molar-refractivity contribution is 5.92. The molecule has 1 aromatic rings. The average Bonchev–Trinajstić information content (AvgIpc) is 3.11. The lowest BCUT2D eigenvalue weighted by Gasteiger charge is -2.35. The van der Waals surface area contributed by atoms with Gasteiger partial charge in [0.05, 0.1) is 12.3 Å². The number of aryl methyl sites for hydroxylation is 1. The van der Waals surface area contributed by atoms with Gasteiger partial charge in [-0.1, -0.05) is 12.1 Å². The lowest BCUT2D eigenvalue weighted by atomic mass is 10.1. The van der Waals surface area contributed by atoms with Crippen molar-refractivity contribution in [3.8, 4) is 5.75 Å². The molecule has 0 saturated carbocycles. The van der Waals surface area contributed by atoms with Gasteiger partial charge in [0.2, 0.25) is 0 Å². The van der Waals surface area contributed by atoms with Crippen LogP contribution >= 0.6 is 0 Å². The minimum atomic E-state index is -2.93. The van der Waals surface area contributed by atoms with E-state index in [9.17, 15) is 13.6 Å². The number of alkyl halides is 2. The van der Waals surface area contributed by atoms with Gasteiger partial charge in [-0.3, -0.25) is 4.90 Å². The minimum absolute atomic E-state index is 0.0202. The van der Waals surface area contributed by atoms with E-state index in [0.717, 1.165) is 39.3 Å². The molecule has 2 heterocycles. The number of ether oxygens (including phenoxy) is 2. The number of benzene rings is 1. The van der Waals surface area contributed by atoms with E-state index >= 15 is 0 Å². The highest BCUT2D eigenvalue weighted by Gasteiger charge is 2.25. The number of rotatable bonds is 5. The van der Waals surface area contributed by atoms with Crippen LogP contribution in [0.25, 0.3) is 0 Å². The molecule has 0 aliphatic carbocycles. The number of nitrogens with one attached hydrogen (secondary N) is 1. The monoisotopic (exact) mass is 369 g/mol. The Bertz CT molecular complexity index is 616. The maximum Gasteiger partial charge on any atom is 0.387 e. The number of para-hydroxylation sites is 1. The Morgan fingerprint density at radius 2 is 2.12 bits per heavy atom. The van der Waals surface area contributed by atoms with Crippen LogP contribution in [0.4, 0.5) is 19.3 Å².